The summed E-state index contributed by atoms with van der Waals surface area (Å²) in [5.41, 5.74) is 0. The van der Waals surface area contributed by atoms with Crippen molar-refractivity contribution >= 4 is 28.9 Å². The predicted molar refractivity (Wildman–Crippen MR) is 117 cm³/mol. The molecule has 3 aromatic rings. The first kappa shape index (κ1) is 19.6. The zero-order valence-electron chi connectivity index (χ0n) is 16.3. The van der Waals surface area contributed by atoms with Gasteiger partial charge in [-0.3, -0.25) is 4.74 Å². The van der Waals surface area contributed by atoms with Crippen LogP contribution in [0.3, 0.4) is 0 Å². The van der Waals surface area contributed by atoms with Gasteiger partial charge < -0.3 is 9.47 Å². The normalized spacial score (nSPS) is 19.0. The van der Waals surface area contributed by atoms with Crippen molar-refractivity contribution in [1.82, 2.24) is 0 Å². The third kappa shape index (κ3) is 3.91. The van der Waals surface area contributed by atoms with E-state index in [1.54, 1.807) is 0 Å². The average Bonchev–Trinajstić information content (AvgIpc) is 3.12. The lowest BCUT2D eigenvalue weighted by molar-refractivity contribution is -0.161. The number of ether oxygens (including phenoxy) is 2. The quantitative estimate of drug-likeness (QED) is 0.462. The van der Waals surface area contributed by atoms with Crippen molar-refractivity contribution in [3.8, 4) is 0 Å². The van der Waals surface area contributed by atoms with Gasteiger partial charge in [-0.2, -0.15) is 0 Å². The molecule has 0 radical (unpaired) electrons. The minimum Gasteiger partial charge on any atom is -0.434 e. The van der Waals surface area contributed by atoms with E-state index in [1.807, 2.05) is 61.5 Å². The van der Waals surface area contributed by atoms with Crippen molar-refractivity contribution in [3.05, 3.63) is 91.0 Å². The molecule has 2 atom stereocenters. The fourth-order valence-electron chi connectivity index (χ4n) is 3.70. The Morgan fingerprint density at radius 2 is 1.31 bits per heavy atom. The summed E-state index contributed by atoms with van der Waals surface area (Å²) < 4.78 is 16.3. The zero-order chi connectivity index (χ0) is 20.1. The molecule has 1 aliphatic rings. The first-order valence-electron chi connectivity index (χ1n) is 9.84. The fourth-order valence-corrected chi connectivity index (χ4v) is 7.42. The highest BCUT2D eigenvalue weighted by Gasteiger charge is 2.38. The summed E-state index contributed by atoms with van der Waals surface area (Å²) in [6.07, 6.45) is -0.0774. The molecule has 4 nitrogen and oxygen atoms in total. The van der Waals surface area contributed by atoms with Gasteiger partial charge in [0.05, 0.1) is 7.05 Å². The highest BCUT2D eigenvalue weighted by molar-refractivity contribution is 7.87. The van der Waals surface area contributed by atoms with Gasteiger partial charge in [-0.25, -0.2) is 4.79 Å². The van der Waals surface area contributed by atoms with Crippen LogP contribution in [0.5, 0.6) is 0 Å². The van der Waals surface area contributed by atoms with Gasteiger partial charge in [-0.15, -0.1) is 0 Å². The Hall–Kier alpha value is -2.68. The second-order valence-corrected chi connectivity index (χ2v) is 9.88. The van der Waals surface area contributed by atoms with E-state index in [-0.39, 0.29) is 5.97 Å². The van der Waals surface area contributed by atoms with Crippen molar-refractivity contribution in [2.24, 2.45) is 4.74 Å². The summed E-state index contributed by atoms with van der Waals surface area (Å²) in [5, 5.41) is 3.35. The van der Waals surface area contributed by atoms with Crippen LogP contribution in [0.2, 0.25) is 0 Å². The van der Waals surface area contributed by atoms with Crippen LogP contribution in [0.4, 0.5) is 0 Å². The van der Waals surface area contributed by atoms with Gasteiger partial charge in [0.2, 0.25) is 6.29 Å². The second-order valence-electron chi connectivity index (χ2n) is 6.83. The maximum atomic E-state index is 12.7. The maximum absolute atomic E-state index is 12.7. The molecule has 0 bridgehead atoms. The Morgan fingerprint density at radius 3 is 1.72 bits per heavy atom. The van der Waals surface area contributed by atoms with Gasteiger partial charge in [0.25, 0.3) is 0 Å². The van der Waals surface area contributed by atoms with Crippen molar-refractivity contribution in [2.75, 3.05) is 6.61 Å². The van der Waals surface area contributed by atoms with Crippen LogP contribution < -0.4 is 15.9 Å². The lowest BCUT2D eigenvalue weighted by Crippen LogP contribution is -2.27. The number of cyclic esters (lactones) is 1. The Morgan fingerprint density at radius 1 is 0.862 bits per heavy atom. The molecule has 1 fully saturated rings. The van der Waals surface area contributed by atoms with Gasteiger partial charge in [0, 0.05) is 28.9 Å². The lowest BCUT2D eigenvalue weighted by Gasteiger charge is -2.28. The topological polar surface area (TPSA) is 47.9 Å². The van der Waals surface area contributed by atoms with E-state index in [9.17, 15) is 4.79 Å². The third-order valence-electron chi connectivity index (χ3n) is 4.99. The highest BCUT2D eigenvalue weighted by atomic mass is 31.2. The standard InChI is InChI=1S/C24H24NO3P/c1-2-27-23-18-22(24(26)28-23)25-29(19-12-6-3-7-13-19,20-14-8-4-9-15-20)21-16-10-5-11-17-21/h3-17,22-23H,2,18H2,1H3. The Bertz CT molecular complexity index is 903. The van der Waals surface area contributed by atoms with E-state index in [0.717, 1.165) is 15.9 Å². The fraction of sp³-hybridized carbons (Fsp3) is 0.208. The molecular formula is C24H24NO3P. The van der Waals surface area contributed by atoms with Crippen LogP contribution in [0.15, 0.2) is 95.7 Å². The predicted octanol–water partition coefficient (Wildman–Crippen LogP) is 3.84. The Labute approximate surface area is 171 Å². The Balaban J connectivity index is 1.97. The van der Waals surface area contributed by atoms with Gasteiger partial charge in [0.1, 0.15) is 0 Å². The second kappa shape index (κ2) is 8.77. The smallest absolute Gasteiger partial charge is 0.333 e. The molecule has 0 N–H and O–H groups in total. The van der Waals surface area contributed by atoms with E-state index in [1.165, 1.54) is 0 Å². The van der Waals surface area contributed by atoms with Gasteiger partial charge >= 0.3 is 5.97 Å². The summed E-state index contributed by atoms with van der Waals surface area (Å²) in [6, 6.07) is 30.3. The zero-order valence-corrected chi connectivity index (χ0v) is 17.2. The number of hydrogen-bond acceptors (Lipinski definition) is 4. The molecule has 0 spiro atoms. The summed E-state index contributed by atoms with van der Waals surface area (Å²) in [5.74, 6) is -0.310. The molecule has 0 amide bonds. The molecule has 5 heteroatoms. The average molecular weight is 405 g/mol. The van der Waals surface area contributed by atoms with Crippen LogP contribution in [0.1, 0.15) is 13.3 Å². The lowest BCUT2D eigenvalue weighted by atomic mass is 10.3. The van der Waals surface area contributed by atoms with Crippen LogP contribution >= 0.6 is 7.05 Å². The number of benzene rings is 3. The molecule has 1 aliphatic heterocycles. The molecule has 1 heterocycles. The van der Waals surface area contributed by atoms with Crippen molar-refractivity contribution in [3.63, 3.8) is 0 Å². The number of hydrogen-bond donors (Lipinski definition) is 0. The summed E-state index contributed by atoms with van der Waals surface area (Å²) in [7, 11) is -2.42. The number of carbonyl (C=O) groups excluding carboxylic acids is 1. The minimum absolute atomic E-state index is 0.310. The van der Waals surface area contributed by atoms with Crippen LogP contribution in [-0.2, 0) is 14.3 Å². The molecule has 2 unspecified atom stereocenters. The van der Waals surface area contributed by atoms with Crippen LogP contribution in [0, 0.1) is 0 Å². The number of nitrogens with zero attached hydrogens (tertiary/aromatic N) is 1. The largest absolute Gasteiger partial charge is 0.434 e. The van der Waals surface area contributed by atoms with E-state index in [0.29, 0.717) is 13.0 Å². The number of rotatable bonds is 6. The first-order chi connectivity index (χ1) is 14.2. The van der Waals surface area contributed by atoms with E-state index in [4.69, 9.17) is 14.2 Å². The van der Waals surface area contributed by atoms with Crippen molar-refractivity contribution < 1.29 is 14.3 Å². The first-order valence-corrected chi connectivity index (χ1v) is 11.6. The molecule has 3 aromatic carbocycles. The molecule has 0 saturated carbocycles. The van der Waals surface area contributed by atoms with Gasteiger partial charge in [0.15, 0.2) is 6.04 Å². The van der Waals surface area contributed by atoms with E-state index in [2.05, 4.69) is 36.4 Å². The maximum Gasteiger partial charge on any atom is 0.333 e. The molecule has 0 aromatic heterocycles. The SMILES string of the molecule is CCOC1CC(N=P(c2ccccc2)(c2ccccc2)c2ccccc2)C(=O)O1. The van der Waals surface area contributed by atoms with Crippen LogP contribution in [-0.4, -0.2) is 24.9 Å². The molecule has 0 aliphatic carbocycles. The monoisotopic (exact) mass is 405 g/mol. The highest BCUT2D eigenvalue weighted by Crippen LogP contribution is 2.48. The van der Waals surface area contributed by atoms with Crippen molar-refractivity contribution in [1.29, 1.82) is 0 Å². The Kier molecular flexibility index (Phi) is 5.94. The van der Waals surface area contributed by atoms with Crippen LogP contribution in [0.25, 0.3) is 0 Å². The summed E-state index contributed by atoms with van der Waals surface area (Å²) in [4.78, 5) is 12.7. The molecule has 148 valence electrons. The summed E-state index contributed by atoms with van der Waals surface area (Å²) in [6.45, 7) is 2.40. The summed E-state index contributed by atoms with van der Waals surface area (Å²) >= 11 is 0. The number of esters is 1. The number of carbonyl (C=O) groups is 1. The van der Waals surface area contributed by atoms with Gasteiger partial charge in [-0.1, -0.05) is 91.0 Å². The molecule has 29 heavy (non-hydrogen) atoms. The van der Waals surface area contributed by atoms with E-state index >= 15 is 0 Å². The molecule has 4 rings (SSSR count). The van der Waals surface area contributed by atoms with Gasteiger partial charge in [-0.05, 0) is 6.92 Å². The van der Waals surface area contributed by atoms with E-state index < -0.39 is 19.4 Å². The van der Waals surface area contributed by atoms with Crippen molar-refractivity contribution in [2.45, 2.75) is 25.7 Å². The third-order valence-corrected chi connectivity index (χ3v) is 8.75. The molecule has 1 saturated heterocycles. The minimum atomic E-state index is -2.42. The molecular weight excluding hydrogens is 381 g/mol.